The smallest absolute Gasteiger partial charge is 0.417 e. The Labute approximate surface area is 228 Å². The molecule has 2 aromatic carbocycles. The van der Waals surface area contributed by atoms with E-state index in [1.54, 1.807) is 24.4 Å². The molecule has 6 nitrogen and oxygen atoms in total. The Hall–Kier alpha value is -3.58. The number of aromatic nitrogens is 3. The summed E-state index contributed by atoms with van der Waals surface area (Å²) in [5.41, 5.74) is -1.93. The van der Waals surface area contributed by atoms with Crippen molar-refractivity contribution in [3.63, 3.8) is 0 Å². The van der Waals surface area contributed by atoms with Crippen LogP contribution in [0.25, 0.3) is 22.6 Å². The number of fused-ring (bicyclic) bond motifs is 3. The standard InChI is InChI=1S/C27H23F6N5OS/c1-37-12-18-5-6-19(13-37)38(18)25-35-24(39)23(40-25)20(14-3-7-22-16(8-14)11-34-36-22)9-15-2-4-17(26(28,29)30)10-21(15)27(31,32)33/h2-4,7-11,18-19,39H,5-6,12-13H2,1H3,(H,34,36). The van der Waals surface area contributed by atoms with Crippen LogP contribution in [-0.2, 0) is 12.4 Å². The number of halogens is 6. The van der Waals surface area contributed by atoms with E-state index < -0.39 is 29.0 Å². The van der Waals surface area contributed by atoms with E-state index in [4.69, 9.17) is 0 Å². The van der Waals surface area contributed by atoms with Crippen molar-refractivity contribution in [3.05, 3.63) is 69.7 Å². The maximum absolute atomic E-state index is 14.0. The fourth-order valence-corrected chi connectivity index (χ4v) is 6.80. The highest BCUT2D eigenvalue weighted by Crippen LogP contribution is 2.45. The third-order valence-corrected chi connectivity index (χ3v) is 8.56. The minimum atomic E-state index is -5.05. The number of anilines is 1. The number of benzene rings is 2. The van der Waals surface area contributed by atoms with Crippen molar-refractivity contribution in [2.45, 2.75) is 37.3 Å². The molecule has 13 heteroatoms. The van der Waals surface area contributed by atoms with Crippen LogP contribution in [0.4, 0.5) is 31.5 Å². The highest BCUT2D eigenvalue weighted by molar-refractivity contribution is 7.17. The van der Waals surface area contributed by atoms with Gasteiger partial charge >= 0.3 is 12.4 Å². The number of thiazole rings is 1. The first-order chi connectivity index (χ1) is 18.9. The molecule has 2 unspecified atom stereocenters. The summed E-state index contributed by atoms with van der Waals surface area (Å²) >= 11 is 1.16. The van der Waals surface area contributed by atoms with E-state index in [0.29, 0.717) is 27.7 Å². The summed E-state index contributed by atoms with van der Waals surface area (Å²) in [5.74, 6) is -0.350. The lowest BCUT2D eigenvalue weighted by molar-refractivity contribution is -0.143. The highest BCUT2D eigenvalue weighted by Gasteiger charge is 2.41. The number of alkyl halides is 6. The number of nitrogens with one attached hydrogen (secondary N) is 1. The van der Waals surface area contributed by atoms with E-state index in [2.05, 4.69) is 25.0 Å². The van der Waals surface area contributed by atoms with Crippen molar-refractivity contribution in [1.82, 2.24) is 20.1 Å². The molecule has 2 saturated heterocycles. The Kier molecular flexibility index (Phi) is 6.33. The van der Waals surface area contributed by atoms with E-state index in [1.165, 1.54) is 6.08 Å². The fourth-order valence-electron chi connectivity index (χ4n) is 5.66. The summed E-state index contributed by atoms with van der Waals surface area (Å²) in [5, 5.41) is 19.0. The SMILES string of the molecule is CN1CC2CCC(C1)N2c1nc(O)c(C(=Cc2ccc(C(F)(F)F)cc2C(F)(F)F)c2ccc3[nH]ncc3c2)s1. The van der Waals surface area contributed by atoms with E-state index in [1.807, 2.05) is 7.05 Å². The quantitative estimate of drug-likeness (QED) is 0.210. The first-order valence-corrected chi connectivity index (χ1v) is 13.3. The molecule has 0 saturated carbocycles. The van der Waals surface area contributed by atoms with Crippen LogP contribution in [0.5, 0.6) is 5.88 Å². The number of rotatable bonds is 4. The first kappa shape index (κ1) is 26.6. The molecular weight excluding hydrogens is 556 g/mol. The van der Waals surface area contributed by atoms with Crippen LogP contribution in [0.15, 0.2) is 42.6 Å². The molecule has 6 rings (SSSR count). The topological polar surface area (TPSA) is 68.3 Å². The van der Waals surface area contributed by atoms with Gasteiger partial charge in [0.25, 0.3) is 0 Å². The van der Waals surface area contributed by atoms with Gasteiger partial charge in [0.05, 0.1) is 22.8 Å². The summed E-state index contributed by atoms with van der Waals surface area (Å²) in [4.78, 5) is 9.04. The predicted octanol–water partition coefficient (Wildman–Crippen LogP) is 6.63. The van der Waals surface area contributed by atoms with E-state index in [9.17, 15) is 31.4 Å². The number of hydrogen-bond acceptors (Lipinski definition) is 6. The van der Waals surface area contributed by atoms with Gasteiger partial charge in [0.15, 0.2) is 5.13 Å². The second-order valence-corrected chi connectivity index (χ2v) is 11.2. The number of hydrogen-bond donors (Lipinski definition) is 2. The Morgan fingerprint density at radius 2 is 1.75 bits per heavy atom. The molecule has 2 atom stereocenters. The van der Waals surface area contributed by atoms with Crippen LogP contribution in [0.2, 0.25) is 0 Å². The van der Waals surface area contributed by atoms with E-state index >= 15 is 0 Å². The zero-order valence-electron chi connectivity index (χ0n) is 21.0. The Morgan fingerprint density at radius 3 is 2.42 bits per heavy atom. The zero-order valence-corrected chi connectivity index (χ0v) is 21.8. The second-order valence-electron chi connectivity index (χ2n) is 10.2. The van der Waals surface area contributed by atoms with Gasteiger partial charge in [-0.2, -0.15) is 36.4 Å². The molecule has 40 heavy (non-hydrogen) atoms. The van der Waals surface area contributed by atoms with E-state index in [0.717, 1.165) is 43.3 Å². The van der Waals surface area contributed by atoms with Crippen molar-refractivity contribution in [3.8, 4) is 5.88 Å². The molecule has 2 bridgehead atoms. The summed E-state index contributed by atoms with van der Waals surface area (Å²) in [6.45, 7) is 1.65. The maximum atomic E-state index is 14.0. The van der Waals surface area contributed by atoms with E-state index in [-0.39, 0.29) is 34.5 Å². The average molecular weight is 580 g/mol. The monoisotopic (exact) mass is 579 g/mol. The molecule has 2 aliphatic heterocycles. The Morgan fingerprint density at radius 1 is 1.02 bits per heavy atom. The largest absolute Gasteiger partial charge is 0.492 e. The highest BCUT2D eigenvalue weighted by atomic mass is 32.1. The average Bonchev–Trinajstić information content (AvgIpc) is 3.56. The van der Waals surface area contributed by atoms with Crippen LogP contribution in [0.1, 0.15) is 40.0 Å². The molecule has 4 heterocycles. The van der Waals surface area contributed by atoms with Gasteiger partial charge in [0.1, 0.15) is 4.88 Å². The van der Waals surface area contributed by atoms with Gasteiger partial charge in [-0.1, -0.05) is 23.5 Å². The maximum Gasteiger partial charge on any atom is 0.417 e. The summed E-state index contributed by atoms with van der Waals surface area (Å²) in [6.07, 6.45) is -5.35. The number of H-pyrrole nitrogens is 1. The predicted molar refractivity (Wildman–Crippen MR) is 140 cm³/mol. The Balaban J connectivity index is 1.52. The van der Waals surface area contributed by atoms with Crippen molar-refractivity contribution in [2.75, 3.05) is 25.0 Å². The molecule has 0 spiro atoms. The van der Waals surface area contributed by atoms with Crippen molar-refractivity contribution >= 4 is 39.0 Å². The molecule has 2 aliphatic rings. The number of aromatic hydroxyl groups is 1. The van der Waals surface area contributed by atoms with Gasteiger partial charge in [-0.25, -0.2) is 0 Å². The fraction of sp³-hybridized carbons (Fsp3) is 0.333. The van der Waals surface area contributed by atoms with Crippen molar-refractivity contribution in [1.29, 1.82) is 0 Å². The number of likely N-dealkylation sites (N-methyl/N-ethyl adjacent to an activating group) is 1. The van der Waals surface area contributed by atoms with Crippen LogP contribution >= 0.6 is 11.3 Å². The van der Waals surface area contributed by atoms with Crippen molar-refractivity contribution in [2.24, 2.45) is 0 Å². The second kappa shape index (κ2) is 9.51. The molecule has 0 amide bonds. The molecule has 2 fully saturated rings. The first-order valence-electron chi connectivity index (χ1n) is 12.5. The number of aromatic amines is 1. The molecule has 2 N–H and O–H groups in total. The van der Waals surface area contributed by atoms with Crippen LogP contribution in [-0.4, -0.2) is 57.4 Å². The number of piperazine rings is 1. The summed E-state index contributed by atoms with van der Waals surface area (Å²) < 4.78 is 81.9. The molecule has 2 aromatic heterocycles. The molecule has 210 valence electrons. The molecular formula is C27H23F6N5OS. The third-order valence-electron chi connectivity index (χ3n) is 7.47. The van der Waals surface area contributed by atoms with Crippen LogP contribution in [0, 0.1) is 0 Å². The summed E-state index contributed by atoms with van der Waals surface area (Å²) in [7, 11) is 2.04. The third kappa shape index (κ3) is 4.81. The number of nitrogens with zero attached hydrogens (tertiary/aromatic N) is 4. The van der Waals surface area contributed by atoms with Crippen LogP contribution in [0.3, 0.4) is 0 Å². The van der Waals surface area contributed by atoms with Gasteiger partial charge in [-0.3, -0.25) is 5.10 Å². The lowest BCUT2D eigenvalue weighted by atomic mass is 9.96. The minimum Gasteiger partial charge on any atom is -0.492 e. The number of likely N-dealkylation sites (tertiary alicyclic amines) is 1. The van der Waals surface area contributed by atoms with Crippen molar-refractivity contribution < 1.29 is 31.4 Å². The molecule has 4 aromatic rings. The molecule has 0 radical (unpaired) electrons. The van der Waals surface area contributed by atoms with Gasteiger partial charge in [0, 0.05) is 36.1 Å². The molecule has 0 aliphatic carbocycles. The van der Waals surface area contributed by atoms with Crippen LogP contribution < -0.4 is 4.90 Å². The normalized spacial score (nSPS) is 20.6. The lowest BCUT2D eigenvalue weighted by Gasteiger charge is -2.39. The Bertz CT molecular complexity index is 1590. The van der Waals surface area contributed by atoms with Gasteiger partial charge in [0.2, 0.25) is 5.88 Å². The van der Waals surface area contributed by atoms with Gasteiger partial charge in [-0.15, -0.1) is 0 Å². The minimum absolute atomic E-state index is 0.114. The summed E-state index contributed by atoms with van der Waals surface area (Å²) in [6, 6.07) is 6.99. The van der Waals surface area contributed by atoms with Gasteiger partial charge < -0.3 is 14.9 Å². The zero-order chi connectivity index (χ0) is 28.4. The van der Waals surface area contributed by atoms with Gasteiger partial charge in [-0.05, 0) is 61.4 Å². The lowest BCUT2D eigenvalue weighted by Crippen LogP contribution is -2.52.